The van der Waals surface area contributed by atoms with Crippen molar-refractivity contribution in [1.82, 2.24) is 29.8 Å². The molecule has 0 aliphatic carbocycles. The molecule has 0 saturated carbocycles. The van der Waals surface area contributed by atoms with Crippen LogP contribution >= 0.6 is 0 Å². The molecule has 0 fully saturated rings. The largest absolute Gasteiger partial charge is 0.598 e. The molecule has 0 amide bonds. The van der Waals surface area contributed by atoms with E-state index in [4.69, 9.17) is 19.5 Å². The van der Waals surface area contributed by atoms with Gasteiger partial charge in [-0.3, -0.25) is 4.98 Å². The molecule has 4 heterocycles. The first-order chi connectivity index (χ1) is 22.2. The average molecular weight is 673 g/mol. The van der Waals surface area contributed by atoms with Crippen molar-refractivity contribution in [3.05, 3.63) is 77.8 Å². The fourth-order valence-electron chi connectivity index (χ4n) is 5.39. The molecule has 252 valence electrons. The van der Waals surface area contributed by atoms with Crippen LogP contribution in [0.2, 0.25) is 18.1 Å². The number of hydrogen-bond acceptors (Lipinski definition) is 7. The van der Waals surface area contributed by atoms with Crippen LogP contribution in [0, 0.1) is 0 Å². The summed E-state index contributed by atoms with van der Waals surface area (Å²) in [4.78, 5) is 10.2. The Bertz CT molecular complexity index is 1720. The fourth-order valence-corrected chi connectivity index (χ4v) is 7.19. The van der Waals surface area contributed by atoms with E-state index in [0.29, 0.717) is 6.61 Å². The molecule has 1 unspecified atom stereocenters. The first kappa shape index (κ1) is 35.4. The topological polar surface area (TPSA) is 100.0 Å². The summed E-state index contributed by atoms with van der Waals surface area (Å²) in [7, 11) is -1.93. The Balaban J connectivity index is 1.57. The SMILES string of the molecule is CCC[C@H](N[S+]([O-])C(C)(C)C)c1cccc(-c2cc(C3=CCNCC3)c3cnn(-c4cccc(CO[Si](C)(C)C(C)(C)C)n4)c3c2)n1. The molecule has 2 N–H and O–H groups in total. The van der Waals surface area contributed by atoms with Gasteiger partial charge < -0.3 is 14.3 Å². The zero-order chi connectivity index (χ0) is 34.0. The Labute approximate surface area is 285 Å². The number of pyridine rings is 2. The van der Waals surface area contributed by atoms with Crippen LogP contribution in [0.5, 0.6) is 0 Å². The predicted molar refractivity (Wildman–Crippen MR) is 198 cm³/mol. The van der Waals surface area contributed by atoms with Gasteiger partial charge in [-0.2, -0.15) is 5.10 Å². The maximum atomic E-state index is 13.1. The van der Waals surface area contributed by atoms with Crippen molar-refractivity contribution in [2.75, 3.05) is 13.1 Å². The minimum absolute atomic E-state index is 0.110. The van der Waals surface area contributed by atoms with Crippen molar-refractivity contribution in [3.8, 4) is 17.1 Å². The normalized spacial score (nSPS) is 15.9. The molecule has 0 spiro atoms. The highest BCUT2D eigenvalue weighted by atomic mass is 32.2. The Morgan fingerprint density at radius 3 is 2.51 bits per heavy atom. The molecule has 0 bridgehead atoms. The summed E-state index contributed by atoms with van der Waals surface area (Å²) < 4.78 is 24.5. The summed E-state index contributed by atoms with van der Waals surface area (Å²) in [6.07, 6.45) is 6.98. The second kappa shape index (κ2) is 14.3. The lowest BCUT2D eigenvalue weighted by Crippen LogP contribution is -2.41. The lowest BCUT2D eigenvalue weighted by Gasteiger charge is -2.36. The number of hydrogen-bond donors (Lipinski definition) is 2. The molecule has 1 aliphatic heterocycles. The standard InChI is InChI=1S/C37H52N6O2SSi/c1-10-13-33(42-46(44)36(2,3)4)32-16-12-15-31(41-32)27-22-29(26-18-20-38-21-19-26)30-24-39-43(34(30)23-27)35-17-11-14-28(40-35)25-45-47(8,9)37(5,6)7/h11-12,14-18,22-24,33,38,42H,10,13,19-21,25H2,1-9H3/t33-,46?/m0/s1. The summed E-state index contributed by atoms with van der Waals surface area (Å²) in [5.41, 5.74) is 7.14. The molecule has 0 saturated heterocycles. The van der Waals surface area contributed by atoms with Gasteiger partial charge in [-0.05, 0) is 106 Å². The van der Waals surface area contributed by atoms with E-state index in [1.165, 1.54) is 11.1 Å². The lowest BCUT2D eigenvalue weighted by atomic mass is 9.94. The van der Waals surface area contributed by atoms with E-state index in [1.807, 2.05) is 55.9 Å². The van der Waals surface area contributed by atoms with Crippen molar-refractivity contribution in [3.63, 3.8) is 0 Å². The van der Waals surface area contributed by atoms with Crippen LogP contribution in [0.25, 0.3) is 33.6 Å². The van der Waals surface area contributed by atoms with E-state index in [9.17, 15) is 4.55 Å². The monoisotopic (exact) mass is 672 g/mol. The summed E-state index contributed by atoms with van der Waals surface area (Å²) in [6, 6.07) is 16.5. The summed E-state index contributed by atoms with van der Waals surface area (Å²) in [5.74, 6) is 0.761. The number of benzene rings is 1. The van der Waals surface area contributed by atoms with Gasteiger partial charge in [0.1, 0.15) is 4.75 Å². The van der Waals surface area contributed by atoms with Crippen LogP contribution in [0.4, 0.5) is 0 Å². The summed E-state index contributed by atoms with van der Waals surface area (Å²) >= 11 is -1.21. The highest BCUT2D eigenvalue weighted by Crippen LogP contribution is 2.37. The van der Waals surface area contributed by atoms with Crippen LogP contribution < -0.4 is 10.0 Å². The van der Waals surface area contributed by atoms with Crippen LogP contribution in [0.15, 0.2) is 60.8 Å². The van der Waals surface area contributed by atoms with Crippen LogP contribution in [-0.4, -0.2) is 50.5 Å². The van der Waals surface area contributed by atoms with Crippen LogP contribution in [0.3, 0.4) is 0 Å². The van der Waals surface area contributed by atoms with Crippen molar-refractivity contribution >= 4 is 36.2 Å². The van der Waals surface area contributed by atoms with Gasteiger partial charge in [0.2, 0.25) is 0 Å². The molecular weight excluding hydrogens is 621 g/mol. The Morgan fingerprint density at radius 2 is 1.83 bits per heavy atom. The Hall–Kier alpha value is -2.86. The van der Waals surface area contributed by atoms with Gasteiger partial charge in [0, 0.05) is 28.9 Å². The first-order valence-corrected chi connectivity index (χ1v) is 20.9. The van der Waals surface area contributed by atoms with Gasteiger partial charge in [0.05, 0.1) is 41.4 Å². The Kier molecular flexibility index (Phi) is 10.8. The quantitative estimate of drug-likeness (QED) is 0.122. The van der Waals surface area contributed by atoms with Crippen molar-refractivity contribution < 1.29 is 8.98 Å². The number of fused-ring (bicyclic) bond motifs is 1. The molecule has 1 aliphatic rings. The molecule has 47 heavy (non-hydrogen) atoms. The van der Waals surface area contributed by atoms with Crippen LogP contribution in [-0.2, 0) is 22.4 Å². The van der Waals surface area contributed by atoms with E-state index in [0.717, 1.165) is 71.7 Å². The molecule has 2 atom stereocenters. The fraction of sp³-hybridized carbons (Fsp3) is 0.486. The summed E-state index contributed by atoms with van der Waals surface area (Å²) in [5, 5.41) is 9.55. The van der Waals surface area contributed by atoms with Crippen LogP contribution in [0.1, 0.15) is 90.7 Å². The van der Waals surface area contributed by atoms with Gasteiger partial charge in [0.15, 0.2) is 14.1 Å². The minimum atomic E-state index is -1.93. The third kappa shape index (κ3) is 8.24. The third-order valence-corrected chi connectivity index (χ3v) is 15.4. The summed E-state index contributed by atoms with van der Waals surface area (Å²) in [6.45, 7) is 21.7. The zero-order valence-corrected chi connectivity index (χ0v) is 31.4. The van der Waals surface area contributed by atoms with Gasteiger partial charge in [0.25, 0.3) is 0 Å². The molecule has 5 rings (SSSR count). The Morgan fingerprint density at radius 1 is 1.06 bits per heavy atom. The maximum absolute atomic E-state index is 13.1. The van der Waals surface area contributed by atoms with Gasteiger partial charge >= 0.3 is 0 Å². The van der Waals surface area contributed by atoms with E-state index in [1.54, 1.807) is 0 Å². The zero-order valence-electron chi connectivity index (χ0n) is 29.6. The van der Waals surface area contributed by atoms with Crippen molar-refractivity contribution in [2.45, 2.75) is 103 Å². The average Bonchev–Trinajstić information content (AvgIpc) is 3.47. The second-order valence-corrected chi connectivity index (χ2v) is 21.8. The minimum Gasteiger partial charge on any atom is -0.598 e. The van der Waals surface area contributed by atoms with Gasteiger partial charge in [-0.25, -0.2) is 9.67 Å². The van der Waals surface area contributed by atoms with Crippen molar-refractivity contribution in [2.24, 2.45) is 0 Å². The van der Waals surface area contributed by atoms with Gasteiger partial charge in [-0.15, -0.1) is 4.72 Å². The first-order valence-electron chi connectivity index (χ1n) is 16.9. The lowest BCUT2D eigenvalue weighted by molar-refractivity contribution is 0.272. The predicted octanol–water partition coefficient (Wildman–Crippen LogP) is 8.27. The smallest absolute Gasteiger partial charge is 0.192 e. The third-order valence-electron chi connectivity index (χ3n) is 9.30. The number of nitrogens with one attached hydrogen (secondary N) is 2. The molecular formula is C37H52N6O2SSi. The molecule has 1 aromatic carbocycles. The number of nitrogens with zero attached hydrogens (tertiary/aromatic N) is 4. The highest BCUT2D eigenvalue weighted by molar-refractivity contribution is 7.90. The highest BCUT2D eigenvalue weighted by Gasteiger charge is 2.37. The molecule has 4 aromatic rings. The number of rotatable bonds is 11. The number of aromatic nitrogens is 4. The van der Waals surface area contributed by atoms with Gasteiger partial charge in [-0.1, -0.05) is 52.3 Å². The molecule has 10 heteroatoms. The molecule has 0 radical (unpaired) electrons. The van der Waals surface area contributed by atoms with E-state index in [2.05, 4.69) is 81.2 Å². The molecule has 8 nitrogen and oxygen atoms in total. The molecule has 3 aromatic heterocycles. The van der Waals surface area contributed by atoms with E-state index < -0.39 is 19.7 Å². The maximum Gasteiger partial charge on any atom is 0.192 e. The van der Waals surface area contributed by atoms with E-state index >= 15 is 0 Å². The second-order valence-electron chi connectivity index (χ2n) is 15.0. The van der Waals surface area contributed by atoms with Crippen molar-refractivity contribution in [1.29, 1.82) is 0 Å². The van der Waals surface area contributed by atoms with E-state index in [-0.39, 0.29) is 15.8 Å².